The van der Waals surface area contributed by atoms with Crippen molar-refractivity contribution in [3.63, 3.8) is 0 Å². The second-order valence-electron chi connectivity index (χ2n) is 4.62. The fraction of sp³-hybridized carbons (Fsp3) is 0.571. The number of pyridine rings is 1. The maximum atomic E-state index is 11.4. The number of carbonyl (C=O) groups excluding carboxylic acids is 1. The van der Waals surface area contributed by atoms with Gasteiger partial charge >= 0.3 is 0 Å². The van der Waals surface area contributed by atoms with Gasteiger partial charge in [-0.1, -0.05) is 13.3 Å². The molecule has 0 aromatic carbocycles. The molecular formula is C14H24N4O. The zero-order valence-electron chi connectivity index (χ0n) is 11.8. The summed E-state index contributed by atoms with van der Waals surface area (Å²) in [7, 11) is 0. The molecule has 106 valence electrons. The van der Waals surface area contributed by atoms with Crippen molar-refractivity contribution in [2.45, 2.75) is 39.5 Å². The third kappa shape index (κ3) is 5.59. The lowest BCUT2D eigenvalue weighted by atomic mass is 10.2. The summed E-state index contributed by atoms with van der Waals surface area (Å²) >= 11 is 0. The van der Waals surface area contributed by atoms with Gasteiger partial charge in [-0.05, 0) is 31.4 Å². The lowest BCUT2D eigenvalue weighted by Crippen LogP contribution is -2.25. The van der Waals surface area contributed by atoms with Gasteiger partial charge in [0, 0.05) is 25.7 Å². The number of aromatic nitrogens is 1. The number of nitrogens with one attached hydrogen (secondary N) is 2. The molecule has 0 aliphatic heterocycles. The van der Waals surface area contributed by atoms with E-state index in [9.17, 15) is 4.79 Å². The van der Waals surface area contributed by atoms with Crippen LogP contribution in [-0.2, 0) is 4.79 Å². The Morgan fingerprint density at radius 1 is 1.37 bits per heavy atom. The van der Waals surface area contributed by atoms with Crippen LogP contribution in [0.3, 0.4) is 0 Å². The molecule has 1 heterocycles. The van der Waals surface area contributed by atoms with Crippen molar-refractivity contribution in [3.8, 4) is 0 Å². The number of nitrogens with zero attached hydrogens (tertiary/aromatic N) is 1. The van der Waals surface area contributed by atoms with E-state index in [1.807, 2.05) is 13.0 Å². The Labute approximate surface area is 115 Å². The molecule has 5 nitrogen and oxygen atoms in total. The van der Waals surface area contributed by atoms with Gasteiger partial charge in [-0.3, -0.25) is 4.79 Å². The van der Waals surface area contributed by atoms with Crippen molar-refractivity contribution >= 4 is 17.4 Å². The number of rotatable bonds is 8. The number of aryl methyl sites for hydroxylation is 1. The maximum absolute atomic E-state index is 11.4. The highest BCUT2D eigenvalue weighted by Crippen LogP contribution is 2.18. The number of hydrogen-bond acceptors (Lipinski definition) is 4. The van der Waals surface area contributed by atoms with Crippen LogP contribution in [0.15, 0.2) is 12.3 Å². The number of carbonyl (C=O) groups is 1. The number of nitrogens with two attached hydrogens (primary N) is 1. The van der Waals surface area contributed by atoms with Crippen LogP contribution in [0, 0.1) is 6.92 Å². The predicted molar refractivity (Wildman–Crippen MR) is 79.0 cm³/mol. The normalized spacial score (nSPS) is 10.2. The molecule has 0 bridgehead atoms. The van der Waals surface area contributed by atoms with Crippen molar-refractivity contribution in [2.75, 3.05) is 24.1 Å². The fourth-order valence-corrected chi connectivity index (χ4v) is 1.66. The van der Waals surface area contributed by atoms with E-state index < -0.39 is 0 Å². The quantitative estimate of drug-likeness (QED) is 0.628. The van der Waals surface area contributed by atoms with Crippen LogP contribution in [0.2, 0.25) is 0 Å². The highest BCUT2D eigenvalue weighted by Gasteiger charge is 2.02. The third-order valence-electron chi connectivity index (χ3n) is 2.93. The first-order valence-corrected chi connectivity index (χ1v) is 6.86. The van der Waals surface area contributed by atoms with Gasteiger partial charge in [0.1, 0.15) is 5.82 Å². The summed E-state index contributed by atoms with van der Waals surface area (Å²) in [5.41, 5.74) is 7.61. The molecule has 1 amide bonds. The van der Waals surface area contributed by atoms with Crippen LogP contribution in [0.25, 0.3) is 0 Å². The molecule has 19 heavy (non-hydrogen) atoms. The molecule has 0 aliphatic rings. The molecule has 0 saturated heterocycles. The van der Waals surface area contributed by atoms with Crippen molar-refractivity contribution in [1.29, 1.82) is 0 Å². The lowest BCUT2D eigenvalue weighted by molar-refractivity contribution is -0.121. The maximum Gasteiger partial charge on any atom is 0.219 e. The SMILES string of the molecule is CCCCC(=O)NCCCNc1nccc(C)c1N. The average molecular weight is 264 g/mol. The molecule has 1 aromatic heterocycles. The summed E-state index contributed by atoms with van der Waals surface area (Å²) in [6.07, 6.45) is 5.21. The van der Waals surface area contributed by atoms with Crippen molar-refractivity contribution < 1.29 is 4.79 Å². The molecule has 1 rings (SSSR count). The molecule has 0 aliphatic carbocycles. The topological polar surface area (TPSA) is 80.0 Å². The first kappa shape index (κ1) is 15.3. The monoisotopic (exact) mass is 264 g/mol. The Balaban J connectivity index is 2.17. The molecule has 0 unspecified atom stereocenters. The Morgan fingerprint density at radius 3 is 2.89 bits per heavy atom. The van der Waals surface area contributed by atoms with Crippen LogP contribution in [0.1, 0.15) is 38.2 Å². The van der Waals surface area contributed by atoms with E-state index in [0.717, 1.165) is 37.2 Å². The van der Waals surface area contributed by atoms with Crippen LogP contribution in [0.5, 0.6) is 0 Å². The Morgan fingerprint density at radius 2 is 2.16 bits per heavy atom. The Bertz CT molecular complexity index is 406. The van der Waals surface area contributed by atoms with E-state index in [-0.39, 0.29) is 5.91 Å². The smallest absolute Gasteiger partial charge is 0.219 e. The number of hydrogen-bond donors (Lipinski definition) is 3. The molecule has 0 fully saturated rings. The zero-order valence-corrected chi connectivity index (χ0v) is 11.8. The number of nitrogen functional groups attached to an aromatic ring is 1. The minimum absolute atomic E-state index is 0.134. The number of anilines is 2. The lowest BCUT2D eigenvalue weighted by Gasteiger charge is -2.10. The van der Waals surface area contributed by atoms with Gasteiger partial charge in [0.25, 0.3) is 0 Å². The molecule has 1 aromatic rings. The van der Waals surface area contributed by atoms with Crippen LogP contribution < -0.4 is 16.4 Å². The van der Waals surface area contributed by atoms with E-state index in [1.54, 1.807) is 6.20 Å². The summed E-state index contributed by atoms with van der Waals surface area (Å²) in [6.45, 7) is 5.46. The standard InChI is InChI=1S/C14H24N4O/c1-3-4-6-12(19)16-8-5-9-17-14-13(15)11(2)7-10-18-14/h7,10H,3-6,8-9,15H2,1-2H3,(H,16,19)(H,17,18). The minimum Gasteiger partial charge on any atom is -0.396 e. The molecule has 0 spiro atoms. The zero-order chi connectivity index (χ0) is 14.1. The van der Waals surface area contributed by atoms with Gasteiger partial charge in [-0.15, -0.1) is 0 Å². The molecule has 5 heteroatoms. The molecule has 4 N–H and O–H groups in total. The molecular weight excluding hydrogens is 240 g/mol. The van der Waals surface area contributed by atoms with E-state index >= 15 is 0 Å². The molecule has 0 saturated carbocycles. The number of unbranched alkanes of at least 4 members (excludes halogenated alkanes) is 1. The van der Waals surface area contributed by atoms with Gasteiger partial charge in [0.05, 0.1) is 5.69 Å². The summed E-state index contributed by atoms with van der Waals surface area (Å²) in [4.78, 5) is 15.6. The van der Waals surface area contributed by atoms with E-state index in [1.165, 1.54) is 0 Å². The summed E-state index contributed by atoms with van der Waals surface area (Å²) in [5.74, 6) is 0.854. The van der Waals surface area contributed by atoms with Gasteiger partial charge in [0.15, 0.2) is 0 Å². The average Bonchev–Trinajstić information content (AvgIpc) is 2.40. The largest absolute Gasteiger partial charge is 0.396 e. The van der Waals surface area contributed by atoms with E-state index in [2.05, 4.69) is 22.5 Å². The Kier molecular flexibility index (Phi) is 6.71. The first-order chi connectivity index (χ1) is 9.15. The fourth-order valence-electron chi connectivity index (χ4n) is 1.66. The van der Waals surface area contributed by atoms with E-state index in [0.29, 0.717) is 18.7 Å². The summed E-state index contributed by atoms with van der Waals surface area (Å²) in [6, 6.07) is 1.88. The first-order valence-electron chi connectivity index (χ1n) is 6.86. The van der Waals surface area contributed by atoms with Crippen molar-refractivity contribution in [1.82, 2.24) is 10.3 Å². The minimum atomic E-state index is 0.134. The van der Waals surface area contributed by atoms with Gasteiger partial charge in [-0.2, -0.15) is 0 Å². The van der Waals surface area contributed by atoms with Crippen molar-refractivity contribution in [3.05, 3.63) is 17.8 Å². The van der Waals surface area contributed by atoms with Gasteiger partial charge in [0.2, 0.25) is 5.91 Å². The van der Waals surface area contributed by atoms with Gasteiger partial charge in [-0.25, -0.2) is 4.98 Å². The van der Waals surface area contributed by atoms with E-state index in [4.69, 9.17) is 5.73 Å². The second kappa shape index (κ2) is 8.34. The van der Waals surface area contributed by atoms with Crippen LogP contribution >= 0.6 is 0 Å². The molecule has 0 radical (unpaired) electrons. The summed E-state index contributed by atoms with van der Waals surface area (Å²) < 4.78 is 0. The third-order valence-corrected chi connectivity index (χ3v) is 2.93. The Hall–Kier alpha value is -1.78. The number of amides is 1. The van der Waals surface area contributed by atoms with Gasteiger partial charge < -0.3 is 16.4 Å². The van der Waals surface area contributed by atoms with Crippen LogP contribution in [-0.4, -0.2) is 24.0 Å². The highest BCUT2D eigenvalue weighted by molar-refractivity contribution is 5.75. The second-order valence-corrected chi connectivity index (χ2v) is 4.62. The van der Waals surface area contributed by atoms with Crippen LogP contribution in [0.4, 0.5) is 11.5 Å². The summed E-state index contributed by atoms with van der Waals surface area (Å²) in [5, 5.41) is 6.08. The predicted octanol–water partition coefficient (Wildman–Crippen LogP) is 2.08. The van der Waals surface area contributed by atoms with Crippen molar-refractivity contribution in [2.24, 2.45) is 0 Å². The molecule has 0 atom stereocenters. The highest BCUT2D eigenvalue weighted by atomic mass is 16.1.